The molecule has 0 saturated heterocycles. The number of aromatic nitrogens is 1. The van der Waals surface area contributed by atoms with Crippen LogP contribution in [0, 0.1) is 5.82 Å². The van der Waals surface area contributed by atoms with Gasteiger partial charge < -0.3 is 4.74 Å². The van der Waals surface area contributed by atoms with Crippen LogP contribution < -0.4 is 4.74 Å². The van der Waals surface area contributed by atoms with E-state index in [1.165, 1.54) is 12.3 Å². The highest BCUT2D eigenvalue weighted by molar-refractivity contribution is 6.07. The van der Waals surface area contributed by atoms with Gasteiger partial charge in [0.15, 0.2) is 11.6 Å². The van der Waals surface area contributed by atoms with E-state index in [0.29, 0.717) is 6.07 Å². The van der Waals surface area contributed by atoms with Gasteiger partial charge in [0.05, 0.1) is 0 Å². The fraction of sp³-hybridized carbons (Fsp3) is 0.0769. The largest absolute Gasteiger partial charge is 0.573 e. The summed E-state index contributed by atoms with van der Waals surface area (Å²) in [7, 11) is 0. The molecule has 0 spiro atoms. The maximum absolute atomic E-state index is 13.2. The maximum Gasteiger partial charge on any atom is 0.573 e. The molecule has 0 aliphatic heterocycles. The van der Waals surface area contributed by atoms with E-state index >= 15 is 0 Å². The quantitative estimate of drug-likeness (QED) is 0.641. The number of hydrogen-bond donors (Lipinski definition) is 0. The van der Waals surface area contributed by atoms with Crippen LogP contribution in [-0.4, -0.2) is 17.1 Å². The normalized spacial score (nSPS) is 11.2. The van der Waals surface area contributed by atoms with Crippen LogP contribution in [0.4, 0.5) is 17.6 Å². The lowest BCUT2D eigenvalue weighted by Gasteiger charge is -2.10. The lowest BCUT2D eigenvalue weighted by molar-refractivity contribution is -0.275. The molecule has 0 radical (unpaired) electrons. The molecule has 0 saturated carbocycles. The molecule has 0 aliphatic carbocycles. The van der Waals surface area contributed by atoms with Gasteiger partial charge in [-0.05, 0) is 30.3 Å². The Kier molecular flexibility index (Phi) is 3.69. The highest BCUT2D eigenvalue weighted by Crippen LogP contribution is 2.27. The molecule has 0 N–H and O–H groups in total. The molecule has 20 heavy (non-hydrogen) atoms. The van der Waals surface area contributed by atoms with Crippen molar-refractivity contribution >= 4 is 5.78 Å². The molecule has 0 amide bonds. The number of pyridine rings is 1. The van der Waals surface area contributed by atoms with E-state index in [0.717, 1.165) is 12.1 Å². The fourth-order valence-electron chi connectivity index (χ4n) is 1.49. The lowest BCUT2D eigenvalue weighted by atomic mass is 10.1. The molecule has 0 unspecified atom stereocenters. The van der Waals surface area contributed by atoms with Crippen LogP contribution in [0.15, 0.2) is 42.6 Å². The molecule has 0 aliphatic rings. The van der Waals surface area contributed by atoms with E-state index in [9.17, 15) is 22.4 Å². The van der Waals surface area contributed by atoms with Crippen LogP contribution in [0.1, 0.15) is 16.1 Å². The summed E-state index contributed by atoms with van der Waals surface area (Å²) in [5.74, 6) is -2.89. The van der Waals surface area contributed by atoms with E-state index in [1.807, 2.05) is 0 Å². The highest BCUT2D eigenvalue weighted by atomic mass is 19.4. The topological polar surface area (TPSA) is 39.2 Å². The molecule has 0 bridgehead atoms. The number of carbonyl (C=O) groups excluding carboxylic acids is 1. The van der Waals surface area contributed by atoms with Gasteiger partial charge in [-0.2, -0.15) is 0 Å². The van der Waals surface area contributed by atoms with Crippen LogP contribution in [0.2, 0.25) is 0 Å². The Morgan fingerprint density at radius 2 is 1.90 bits per heavy atom. The molecule has 1 aromatic heterocycles. The van der Waals surface area contributed by atoms with E-state index in [2.05, 4.69) is 9.72 Å². The van der Waals surface area contributed by atoms with Crippen molar-refractivity contribution in [2.24, 2.45) is 0 Å². The predicted molar refractivity (Wildman–Crippen MR) is 60.8 cm³/mol. The molecule has 0 fully saturated rings. The maximum atomic E-state index is 13.2. The number of nitrogens with zero attached hydrogens (tertiary/aromatic N) is 1. The first-order valence-electron chi connectivity index (χ1n) is 5.38. The smallest absolute Gasteiger partial charge is 0.403 e. The van der Waals surface area contributed by atoms with Crippen molar-refractivity contribution in [3.63, 3.8) is 0 Å². The number of alkyl halides is 3. The molecule has 7 heteroatoms. The zero-order valence-electron chi connectivity index (χ0n) is 9.82. The number of carbonyl (C=O) groups is 1. The number of ketones is 1. The first-order chi connectivity index (χ1) is 9.37. The van der Waals surface area contributed by atoms with Gasteiger partial charge in [-0.1, -0.05) is 6.07 Å². The van der Waals surface area contributed by atoms with Crippen molar-refractivity contribution in [3.05, 3.63) is 59.7 Å². The number of hydrogen-bond acceptors (Lipinski definition) is 3. The van der Waals surface area contributed by atoms with Gasteiger partial charge >= 0.3 is 6.36 Å². The summed E-state index contributed by atoms with van der Waals surface area (Å²) in [5.41, 5.74) is -0.110. The minimum atomic E-state index is -5.03. The van der Waals surface area contributed by atoms with Crippen LogP contribution in [0.5, 0.6) is 5.75 Å². The molecule has 2 rings (SSSR count). The van der Waals surface area contributed by atoms with Gasteiger partial charge in [-0.25, -0.2) is 4.39 Å². The Morgan fingerprint density at radius 1 is 1.15 bits per heavy atom. The number of halogens is 4. The lowest BCUT2D eigenvalue weighted by Crippen LogP contribution is -2.18. The molecule has 0 atom stereocenters. The average molecular weight is 285 g/mol. The van der Waals surface area contributed by atoms with Crippen molar-refractivity contribution in [2.75, 3.05) is 0 Å². The highest BCUT2D eigenvalue weighted by Gasteiger charge is 2.32. The van der Waals surface area contributed by atoms with Crippen LogP contribution in [0.3, 0.4) is 0 Å². The van der Waals surface area contributed by atoms with Gasteiger partial charge in [0.1, 0.15) is 5.69 Å². The van der Waals surface area contributed by atoms with Crippen molar-refractivity contribution in [1.29, 1.82) is 0 Å². The Hall–Kier alpha value is -2.44. The van der Waals surface area contributed by atoms with Crippen LogP contribution in [0.25, 0.3) is 0 Å². The second kappa shape index (κ2) is 5.28. The van der Waals surface area contributed by atoms with Crippen LogP contribution in [-0.2, 0) is 0 Å². The number of benzene rings is 1. The Balaban J connectivity index is 2.34. The standard InChI is InChI=1S/C13H7F4NO2/c14-9-5-4-8(7-11(9)20-13(15,16)17)12(19)10-3-1-2-6-18-10/h1-7H. The number of rotatable bonds is 3. The Bertz CT molecular complexity index is 626. The van der Waals surface area contributed by atoms with Gasteiger partial charge in [-0.3, -0.25) is 9.78 Å². The van der Waals surface area contributed by atoms with E-state index < -0.39 is 23.7 Å². The molecule has 1 aromatic carbocycles. The van der Waals surface area contributed by atoms with E-state index in [-0.39, 0.29) is 11.3 Å². The average Bonchev–Trinajstić information content (AvgIpc) is 2.40. The summed E-state index contributed by atoms with van der Waals surface area (Å²) < 4.78 is 53.0. The molecular weight excluding hydrogens is 278 g/mol. The fourth-order valence-corrected chi connectivity index (χ4v) is 1.49. The third kappa shape index (κ3) is 3.31. The van der Waals surface area contributed by atoms with E-state index in [1.54, 1.807) is 12.1 Å². The van der Waals surface area contributed by atoms with Crippen molar-refractivity contribution in [3.8, 4) is 5.75 Å². The van der Waals surface area contributed by atoms with Crippen molar-refractivity contribution < 1.29 is 27.1 Å². The second-order valence-electron chi connectivity index (χ2n) is 3.74. The summed E-state index contributed by atoms with van der Waals surface area (Å²) in [5, 5.41) is 0. The predicted octanol–water partition coefficient (Wildman–Crippen LogP) is 3.35. The minimum absolute atomic E-state index is 0.0390. The zero-order valence-corrected chi connectivity index (χ0v) is 9.82. The molecule has 1 heterocycles. The summed E-state index contributed by atoms with van der Waals surface area (Å²) in [6.45, 7) is 0. The monoisotopic (exact) mass is 285 g/mol. The summed E-state index contributed by atoms with van der Waals surface area (Å²) in [6.07, 6.45) is -3.67. The molecule has 104 valence electrons. The second-order valence-corrected chi connectivity index (χ2v) is 3.74. The third-order valence-corrected chi connectivity index (χ3v) is 2.32. The Labute approximate surface area is 110 Å². The zero-order chi connectivity index (χ0) is 14.8. The molecule has 2 aromatic rings. The van der Waals surface area contributed by atoms with Gasteiger partial charge in [0, 0.05) is 11.8 Å². The number of ether oxygens (including phenoxy) is 1. The summed E-state index contributed by atoms with van der Waals surface area (Å²) >= 11 is 0. The van der Waals surface area contributed by atoms with Gasteiger partial charge in [-0.15, -0.1) is 13.2 Å². The third-order valence-electron chi connectivity index (χ3n) is 2.32. The van der Waals surface area contributed by atoms with Crippen LogP contribution >= 0.6 is 0 Å². The molecule has 3 nitrogen and oxygen atoms in total. The van der Waals surface area contributed by atoms with E-state index in [4.69, 9.17) is 0 Å². The SMILES string of the molecule is O=C(c1ccc(F)c(OC(F)(F)F)c1)c1ccccn1. The molecular formula is C13H7F4NO2. The first-order valence-corrected chi connectivity index (χ1v) is 5.38. The van der Waals surface area contributed by atoms with Gasteiger partial charge in [0.25, 0.3) is 0 Å². The van der Waals surface area contributed by atoms with Crippen molar-refractivity contribution in [2.45, 2.75) is 6.36 Å². The summed E-state index contributed by atoms with van der Waals surface area (Å²) in [6, 6.07) is 7.03. The summed E-state index contributed by atoms with van der Waals surface area (Å²) in [4.78, 5) is 15.7. The minimum Gasteiger partial charge on any atom is -0.403 e. The van der Waals surface area contributed by atoms with Gasteiger partial charge in [0.2, 0.25) is 5.78 Å². The first kappa shape index (κ1) is 14.0. The Morgan fingerprint density at radius 3 is 2.50 bits per heavy atom. The van der Waals surface area contributed by atoms with Crippen molar-refractivity contribution in [1.82, 2.24) is 4.98 Å².